The van der Waals surface area contributed by atoms with Gasteiger partial charge in [0.1, 0.15) is 11.5 Å². The smallest absolute Gasteiger partial charge is 0.127 e. The van der Waals surface area contributed by atoms with Gasteiger partial charge in [-0.2, -0.15) is 0 Å². The van der Waals surface area contributed by atoms with Gasteiger partial charge in [0, 0.05) is 16.3 Å². The van der Waals surface area contributed by atoms with Crippen LogP contribution in [0.1, 0.15) is 124 Å². The van der Waals surface area contributed by atoms with E-state index in [-0.39, 0.29) is 11.5 Å². The lowest BCUT2D eigenvalue weighted by Gasteiger charge is -2.13. The Morgan fingerprint density at radius 3 is 1.26 bits per heavy atom. The van der Waals surface area contributed by atoms with Crippen molar-refractivity contribution in [1.29, 1.82) is 0 Å². The molecule has 2 aromatic rings. The summed E-state index contributed by atoms with van der Waals surface area (Å²) in [7, 11) is 0. The molecule has 0 aliphatic carbocycles. The number of rotatable bonds is 17. The molecule has 2 heteroatoms. The average Bonchev–Trinajstić information content (AvgIpc) is 2.95. The molecule has 0 amide bonds. The summed E-state index contributed by atoms with van der Waals surface area (Å²) in [6.07, 6.45) is 25.9. The van der Waals surface area contributed by atoms with Gasteiger partial charge in [-0.1, -0.05) is 94.2 Å². The van der Waals surface area contributed by atoms with Crippen LogP contribution in [0.4, 0.5) is 0 Å². The Hall–Kier alpha value is -3.26. The summed E-state index contributed by atoms with van der Waals surface area (Å²) in [5, 5.41) is 22.9. The highest BCUT2D eigenvalue weighted by Crippen LogP contribution is 2.39. The average molecular weight is 583 g/mol. The second-order valence-electron chi connectivity index (χ2n) is 12.8. The Bertz CT molecular complexity index is 1370. The highest BCUT2D eigenvalue weighted by atomic mass is 16.3. The van der Waals surface area contributed by atoms with Crippen molar-refractivity contribution in [3.63, 3.8) is 0 Å². The second kappa shape index (κ2) is 19.1. The predicted octanol–water partition coefficient (Wildman–Crippen LogP) is 12.7. The molecule has 43 heavy (non-hydrogen) atoms. The van der Waals surface area contributed by atoms with Gasteiger partial charge in [-0.15, -0.1) is 0 Å². The van der Waals surface area contributed by atoms with E-state index in [1.165, 1.54) is 39.9 Å². The molecule has 0 unspecified atom stereocenters. The SMILES string of the molecule is CC(C)=CCC/C(C)=C/CC/C(C)=C/CC/C(C)=C/CC/C(C)=C\CC/C(C)=C/Cc1c(C)c(O)c2ccccc2c1O. The molecular weight excluding hydrogens is 524 g/mol. The number of hydrogen-bond acceptors (Lipinski definition) is 2. The second-order valence-corrected chi connectivity index (χ2v) is 12.8. The Kier molecular flexibility index (Phi) is 16.0. The van der Waals surface area contributed by atoms with Gasteiger partial charge >= 0.3 is 0 Å². The fourth-order valence-electron chi connectivity index (χ4n) is 5.39. The van der Waals surface area contributed by atoms with Crippen molar-refractivity contribution in [2.45, 2.75) is 126 Å². The Balaban J connectivity index is 1.71. The molecule has 2 N–H and O–H groups in total. The van der Waals surface area contributed by atoms with Gasteiger partial charge in [0.15, 0.2) is 0 Å². The number of phenolic OH excluding ortho intramolecular Hbond substituents is 2. The molecule has 234 valence electrons. The van der Waals surface area contributed by atoms with Gasteiger partial charge < -0.3 is 10.2 Å². The molecule has 2 nitrogen and oxygen atoms in total. The molecular formula is C41H58O2. The van der Waals surface area contributed by atoms with Crippen LogP contribution >= 0.6 is 0 Å². The Morgan fingerprint density at radius 2 is 0.860 bits per heavy atom. The van der Waals surface area contributed by atoms with Crippen molar-refractivity contribution < 1.29 is 10.2 Å². The lowest BCUT2D eigenvalue weighted by Crippen LogP contribution is -1.92. The third kappa shape index (κ3) is 13.3. The molecule has 2 rings (SSSR count). The van der Waals surface area contributed by atoms with E-state index in [0.717, 1.165) is 68.9 Å². The molecule has 0 saturated heterocycles. The maximum absolute atomic E-state index is 10.8. The molecule has 0 atom stereocenters. The molecule has 0 radical (unpaired) electrons. The van der Waals surface area contributed by atoms with Crippen LogP contribution < -0.4 is 0 Å². The molecule has 0 spiro atoms. The van der Waals surface area contributed by atoms with E-state index in [1.54, 1.807) is 0 Å². The van der Waals surface area contributed by atoms with Gasteiger partial charge in [-0.3, -0.25) is 0 Å². The minimum absolute atomic E-state index is 0.267. The van der Waals surface area contributed by atoms with Crippen LogP contribution in [0.3, 0.4) is 0 Å². The van der Waals surface area contributed by atoms with Gasteiger partial charge in [0.2, 0.25) is 0 Å². The number of benzene rings is 2. The summed E-state index contributed by atoms with van der Waals surface area (Å²) in [6.45, 7) is 17.4. The van der Waals surface area contributed by atoms with E-state index < -0.39 is 0 Å². The van der Waals surface area contributed by atoms with Gasteiger partial charge in [0.05, 0.1) is 0 Å². The van der Waals surface area contributed by atoms with Gasteiger partial charge in [-0.25, -0.2) is 0 Å². The zero-order valence-electron chi connectivity index (χ0n) is 28.4. The summed E-state index contributed by atoms with van der Waals surface area (Å²) in [5.74, 6) is 0.549. The predicted molar refractivity (Wildman–Crippen MR) is 190 cm³/mol. The van der Waals surface area contributed by atoms with Crippen molar-refractivity contribution in [2.24, 2.45) is 0 Å². The van der Waals surface area contributed by atoms with Crippen LogP contribution in [0.5, 0.6) is 11.5 Å². The Labute approximate surface area is 263 Å². The number of hydrogen-bond donors (Lipinski definition) is 2. The van der Waals surface area contributed by atoms with Crippen molar-refractivity contribution in [3.8, 4) is 11.5 Å². The van der Waals surface area contributed by atoms with Crippen LogP contribution in [-0.2, 0) is 6.42 Å². The number of aromatic hydroxyl groups is 2. The summed E-state index contributed by atoms with van der Waals surface area (Å²) in [4.78, 5) is 0. The molecule has 2 aromatic carbocycles. The summed E-state index contributed by atoms with van der Waals surface area (Å²) < 4.78 is 0. The molecule has 0 bridgehead atoms. The number of phenols is 2. The topological polar surface area (TPSA) is 40.5 Å². The van der Waals surface area contributed by atoms with Crippen molar-refractivity contribution >= 4 is 10.8 Å². The molecule has 0 heterocycles. The number of allylic oxidation sites excluding steroid dienone is 12. The highest BCUT2D eigenvalue weighted by Gasteiger charge is 2.14. The Morgan fingerprint density at radius 1 is 0.512 bits per heavy atom. The molecule has 0 aromatic heterocycles. The van der Waals surface area contributed by atoms with E-state index in [2.05, 4.69) is 84.9 Å². The quantitative estimate of drug-likeness (QED) is 0.144. The monoisotopic (exact) mass is 582 g/mol. The first-order valence-electron chi connectivity index (χ1n) is 16.3. The lowest BCUT2D eigenvalue weighted by atomic mass is 9.95. The van der Waals surface area contributed by atoms with E-state index in [9.17, 15) is 10.2 Å². The molecule has 0 fully saturated rings. The highest BCUT2D eigenvalue weighted by molar-refractivity contribution is 5.95. The van der Waals surface area contributed by atoms with Gasteiger partial charge in [0.25, 0.3) is 0 Å². The first-order valence-corrected chi connectivity index (χ1v) is 16.3. The molecule has 0 aliphatic heterocycles. The maximum Gasteiger partial charge on any atom is 0.127 e. The van der Waals surface area contributed by atoms with Crippen molar-refractivity contribution in [2.75, 3.05) is 0 Å². The standard InChI is InChI=1S/C41H58O2/c1-30(2)16-11-17-31(3)18-12-19-32(4)20-13-21-33(5)22-14-23-34(6)24-15-25-35(7)28-29-37-36(8)40(42)38-26-9-10-27-39(38)41(37)43/h9-10,16,18,20,22,24,26-28,42-43H,11-15,17,19,21,23,25,29H2,1-8H3/b31-18+,32-20+,33-22+,34-24-,35-28+. The van der Waals surface area contributed by atoms with Gasteiger partial charge in [-0.05, 0) is 132 Å². The van der Waals surface area contributed by atoms with E-state index in [1.807, 2.05) is 31.2 Å². The minimum Gasteiger partial charge on any atom is -0.507 e. The zero-order chi connectivity index (χ0) is 31.8. The lowest BCUT2D eigenvalue weighted by molar-refractivity contribution is 0.461. The third-order valence-electron chi connectivity index (χ3n) is 8.40. The fourth-order valence-corrected chi connectivity index (χ4v) is 5.39. The van der Waals surface area contributed by atoms with Crippen LogP contribution in [-0.4, -0.2) is 10.2 Å². The summed E-state index contributed by atoms with van der Waals surface area (Å²) in [5.41, 5.74) is 10.2. The number of fused-ring (bicyclic) bond motifs is 1. The maximum atomic E-state index is 10.8. The third-order valence-corrected chi connectivity index (χ3v) is 8.40. The first-order chi connectivity index (χ1) is 20.5. The largest absolute Gasteiger partial charge is 0.507 e. The minimum atomic E-state index is 0.267. The fraction of sp³-hybridized carbons (Fsp3) is 0.463. The van der Waals surface area contributed by atoms with E-state index in [4.69, 9.17) is 0 Å². The summed E-state index contributed by atoms with van der Waals surface area (Å²) >= 11 is 0. The molecule has 0 aliphatic rings. The zero-order valence-corrected chi connectivity index (χ0v) is 28.4. The summed E-state index contributed by atoms with van der Waals surface area (Å²) in [6, 6.07) is 7.49. The first kappa shape index (κ1) is 35.9. The van der Waals surface area contributed by atoms with E-state index >= 15 is 0 Å². The van der Waals surface area contributed by atoms with Crippen LogP contribution in [0.25, 0.3) is 10.8 Å². The van der Waals surface area contributed by atoms with Crippen LogP contribution in [0.15, 0.2) is 94.2 Å². The van der Waals surface area contributed by atoms with E-state index in [0.29, 0.717) is 17.2 Å². The van der Waals surface area contributed by atoms with Crippen molar-refractivity contribution in [3.05, 3.63) is 105 Å². The normalized spacial score (nSPS) is 13.6. The van der Waals surface area contributed by atoms with Crippen LogP contribution in [0, 0.1) is 6.92 Å². The van der Waals surface area contributed by atoms with Crippen molar-refractivity contribution in [1.82, 2.24) is 0 Å². The molecule has 0 saturated carbocycles. The van der Waals surface area contributed by atoms with Crippen LogP contribution in [0.2, 0.25) is 0 Å².